The Labute approximate surface area is 150 Å². The first kappa shape index (κ1) is 16.6. The molecule has 3 aromatic heterocycles. The quantitative estimate of drug-likeness (QED) is 0.772. The molecule has 1 saturated heterocycles. The monoisotopic (exact) mass is 354 g/mol. The number of carbonyl (C=O) groups excluding carboxylic acids is 1. The topological polar surface area (TPSA) is 88.3 Å². The van der Waals surface area contributed by atoms with E-state index in [2.05, 4.69) is 15.2 Å². The van der Waals surface area contributed by atoms with E-state index < -0.39 is 0 Å². The lowest BCUT2D eigenvalue weighted by atomic mass is 9.98. The molecular weight excluding hydrogens is 332 g/mol. The summed E-state index contributed by atoms with van der Waals surface area (Å²) in [6, 6.07) is 5.09. The molecule has 1 N–H and O–H groups in total. The Bertz CT molecular complexity index is 985. The minimum Gasteiger partial charge on any atom is -0.334 e. The molecule has 0 bridgehead atoms. The summed E-state index contributed by atoms with van der Waals surface area (Å²) in [5, 5.41) is 7.17. The van der Waals surface area contributed by atoms with Crippen molar-refractivity contribution >= 4 is 11.6 Å². The first-order valence-corrected chi connectivity index (χ1v) is 8.98. The normalized spacial score (nSPS) is 17.7. The molecule has 0 spiro atoms. The molecule has 0 unspecified atom stereocenters. The van der Waals surface area contributed by atoms with Gasteiger partial charge in [-0.15, -0.1) is 0 Å². The average Bonchev–Trinajstić information content (AvgIpc) is 3.28. The van der Waals surface area contributed by atoms with Crippen LogP contribution in [0.25, 0.3) is 5.65 Å². The molecule has 4 rings (SSSR count). The van der Waals surface area contributed by atoms with E-state index in [0.717, 1.165) is 25.0 Å². The van der Waals surface area contributed by atoms with Crippen LogP contribution in [-0.4, -0.2) is 41.7 Å². The van der Waals surface area contributed by atoms with E-state index in [1.165, 1.54) is 10.6 Å². The smallest absolute Gasteiger partial charge is 0.272 e. The number of rotatable bonds is 4. The summed E-state index contributed by atoms with van der Waals surface area (Å²) in [7, 11) is 0. The first-order chi connectivity index (χ1) is 12.6. The van der Waals surface area contributed by atoms with Crippen LogP contribution in [0.5, 0.6) is 0 Å². The maximum Gasteiger partial charge on any atom is 0.272 e. The fourth-order valence-corrected chi connectivity index (χ4v) is 3.60. The van der Waals surface area contributed by atoms with E-state index in [1.807, 2.05) is 24.1 Å². The van der Waals surface area contributed by atoms with Crippen molar-refractivity contribution in [2.75, 3.05) is 6.54 Å². The van der Waals surface area contributed by atoms with Gasteiger partial charge in [-0.2, -0.15) is 5.10 Å². The van der Waals surface area contributed by atoms with Crippen molar-refractivity contribution in [2.45, 2.75) is 45.2 Å². The molecule has 1 aliphatic rings. The van der Waals surface area contributed by atoms with E-state index in [1.54, 1.807) is 16.9 Å². The molecule has 0 aromatic carbocycles. The van der Waals surface area contributed by atoms with E-state index in [-0.39, 0.29) is 17.5 Å². The van der Waals surface area contributed by atoms with Gasteiger partial charge in [-0.05, 0) is 32.3 Å². The predicted octanol–water partition coefficient (Wildman–Crippen LogP) is 1.67. The third kappa shape index (κ3) is 3.14. The minimum absolute atomic E-state index is 0.0823. The molecule has 136 valence electrons. The van der Waals surface area contributed by atoms with E-state index in [9.17, 15) is 9.59 Å². The number of hydrogen-bond donors (Lipinski definition) is 1. The number of aromatic amines is 1. The van der Waals surface area contributed by atoms with Crippen molar-refractivity contribution in [3.63, 3.8) is 0 Å². The zero-order valence-electron chi connectivity index (χ0n) is 14.8. The summed E-state index contributed by atoms with van der Waals surface area (Å²) in [6.07, 6.45) is 6.81. The second-order valence-corrected chi connectivity index (χ2v) is 6.74. The lowest BCUT2D eigenvalue weighted by Crippen LogP contribution is -2.39. The number of amides is 1. The van der Waals surface area contributed by atoms with Gasteiger partial charge >= 0.3 is 0 Å². The van der Waals surface area contributed by atoms with Crippen LogP contribution in [0.15, 0.2) is 35.4 Å². The summed E-state index contributed by atoms with van der Waals surface area (Å²) in [5.41, 5.74) is 2.05. The number of nitrogens with zero attached hydrogens (tertiary/aromatic N) is 5. The van der Waals surface area contributed by atoms with Gasteiger partial charge in [-0.3, -0.25) is 19.4 Å². The Morgan fingerprint density at radius 3 is 3.04 bits per heavy atom. The predicted molar refractivity (Wildman–Crippen MR) is 95.7 cm³/mol. The number of fused-ring (bicyclic) bond motifs is 1. The Balaban J connectivity index is 1.55. The van der Waals surface area contributed by atoms with Crippen LogP contribution in [0.2, 0.25) is 0 Å². The van der Waals surface area contributed by atoms with Crippen molar-refractivity contribution in [3.05, 3.63) is 52.3 Å². The number of hydrogen-bond acceptors (Lipinski definition) is 4. The van der Waals surface area contributed by atoms with Gasteiger partial charge in [-0.25, -0.2) is 9.50 Å². The lowest BCUT2D eigenvalue weighted by Gasteiger charge is -2.35. The maximum absolute atomic E-state index is 12.8. The van der Waals surface area contributed by atoms with E-state index >= 15 is 0 Å². The standard InChI is InChI=1S/C18H22N6O2/c1-13-6-10-22(21-13)11-7-17(25)23-9-3-2-4-15(23)14-12-18(26)24-16(20-14)5-8-19-24/h5-6,8,10,12,15,19H,2-4,7,9,11H2,1H3/t15-/m0/s1. The van der Waals surface area contributed by atoms with Gasteiger partial charge < -0.3 is 4.90 Å². The third-order valence-electron chi connectivity index (χ3n) is 4.89. The second kappa shape index (κ2) is 6.78. The minimum atomic E-state index is -0.153. The van der Waals surface area contributed by atoms with Crippen molar-refractivity contribution in [1.82, 2.24) is 29.3 Å². The van der Waals surface area contributed by atoms with Gasteiger partial charge in [0.2, 0.25) is 5.91 Å². The van der Waals surface area contributed by atoms with Gasteiger partial charge in [0, 0.05) is 44.0 Å². The number of nitrogens with one attached hydrogen (secondary N) is 1. The van der Waals surface area contributed by atoms with Gasteiger partial charge in [0.05, 0.1) is 17.4 Å². The van der Waals surface area contributed by atoms with Gasteiger partial charge in [-0.1, -0.05) is 0 Å². The number of carbonyl (C=O) groups is 1. The molecule has 26 heavy (non-hydrogen) atoms. The highest BCUT2D eigenvalue weighted by Crippen LogP contribution is 2.30. The highest BCUT2D eigenvalue weighted by Gasteiger charge is 2.29. The zero-order chi connectivity index (χ0) is 18.1. The Hall–Kier alpha value is -2.90. The molecule has 8 nitrogen and oxygen atoms in total. The summed E-state index contributed by atoms with van der Waals surface area (Å²) in [6.45, 7) is 3.19. The number of piperidine rings is 1. The SMILES string of the molecule is Cc1ccn(CCC(=O)N2CCCC[C@H]2c2cc(=O)n3[nH]ccc3n2)n1. The van der Waals surface area contributed by atoms with E-state index in [4.69, 9.17) is 0 Å². The summed E-state index contributed by atoms with van der Waals surface area (Å²) in [5.74, 6) is 0.0823. The van der Waals surface area contributed by atoms with Crippen LogP contribution in [0.1, 0.15) is 43.1 Å². The molecule has 0 radical (unpaired) electrons. The van der Waals surface area contributed by atoms with Crippen LogP contribution in [0.4, 0.5) is 0 Å². The lowest BCUT2D eigenvalue weighted by molar-refractivity contribution is -0.135. The van der Waals surface area contributed by atoms with Crippen LogP contribution in [-0.2, 0) is 11.3 Å². The van der Waals surface area contributed by atoms with Gasteiger partial charge in [0.25, 0.3) is 5.56 Å². The van der Waals surface area contributed by atoms with Crippen LogP contribution in [0, 0.1) is 6.92 Å². The number of likely N-dealkylation sites (tertiary alicyclic amines) is 1. The highest BCUT2D eigenvalue weighted by atomic mass is 16.2. The van der Waals surface area contributed by atoms with Gasteiger partial charge in [0.1, 0.15) is 0 Å². The fraction of sp³-hybridized carbons (Fsp3) is 0.444. The number of H-pyrrole nitrogens is 1. The Kier molecular flexibility index (Phi) is 4.32. The molecule has 0 saturated carbocycles. The van der Waals surface area contributed by atoms with Crippen molar-refractivity contribution in [3.8, 4) is 0 Å². The molecule has 1 fully saturated rings. The molecule has 8 heteroatoms. The van der Waals surface area contributed by atoms with Crippen LogP contribution >= 0.6 is 0 Å². The van der Waals surface area contributed by atoms with Crippen LogP contribution in [0.3, 0.4) is 0 Å². The third-order valence-corrected chi connectivity index (χ3v) is 4.89. The van der Waals surface area contributed by atoms with E-state index in [0.29, 0.717) is 30.9 Å². The summed E-state index contributed by atoms with van der Waals surface area (Å²) in [4.78, 5) is 31.6. The average molecular weight is 354 g/mol. The largest absolute Gasteiger partial charge is 0.334 e. The van der Waals surface area contributed by atoms with Crippen molar-refractivity contribution in [2.24, 2.45) is 0 Å². The molecule has 0 aliphatic carbocycles. The summed E-state index contributed by atoms with van der Waals surface area (Å²) < 4.78 is 3.20. The van der Waals surface area contributed by atoms with Crippen LogP contribution < -0.4 is 5.56 Å². The van der Waals surface area contributed by atoms with Crippen molar-refractivity contribution in [1.29, 1.82) is 0 Å². The molecule has 1 amide bonds. The van der Waals surface area contributed by atoms with Crippen molar-refractivity contribution < 1.29 is 4.79 Å². The molecule has 3 aromatic rings. The number of aromatic nitrogens is 5. The Morgan fingerprint density at radius 1 is 1.35 bits per heavy atom. The second-order valence-electron chi connectivity index (χ2n) is 6.74. The van der Waals surface area contributed by atoms with Gasteiger partial charge in [0.15, 0.2) is 5.65 Å². The molecule has 4 heterocycles. The first-order valence-electron chi connectivity index (χ1n) is 8.98. The highest BCUT2D eigenvalue weighted by molar-refractivity contribution is 5.76. The maximum atomic E-state index is 12.8. The molecular formula is C18H22N6O2. The zero-order valence-corrected chi connectivity index (χ0v) is 14.8. The Morgan fingerprint density at radius 2 is 2.23 bits per heavy atom. The fourth-order valence-electron chi connectivity index (χ4n) is 3.60. The number of aryl methyl sites for hydroxylation is 2. The molecule has 1 atom stereocenters. The summed E-state index contributed by atoms with van der Waals surface area (Å²) >= 11 is 0. The molecule has 1 aliphatic heterocycles.